The maximum Gasteiger partial charge on any atom is 0.165 e. The quantitative estimate of drug-likeness (QED) is 0.659. The molecule has 16 heavy (non-hydrogen) atoms. The molecule has 0 bridgehead atoms. The molecular formula is C10H21N5O. The molecule has 1 aromatic heterocycles. The number of hydrogen-bond acceptors (Lipinski definition) is 5. The minimum absolute atomic E-state index is 0.443. The zero-order chi connectivity index (χ0) is 11.8. The molecule has 0 fully saturated rings. The third-order valence-electron chi connectivity index (χ3n) is 2.24. The lowest BCUT2D eigenvalue weighted by Crippen LogP contribution is -2.24. The highest BCUT2D eigenvalue weighted by molar-refractivity contribution is 4.80. The molecule has 1 aromatic rings. The molecule has 6 heteroatoms. The zero-order valence-electron chi connectivity index (χ0n) is 10.3. The van der Waals surface area contributed by atoms with E-state index < -0.39 is 0 Å². The molecule has 0 radical (unpaired) electrons. The Morgan fingerprint density at radius 2 is 2.19 bits per heavy atom. The third kappa shape index (κ3) is 4.67. The number of unbranched alkanes of at least 4 members (excludes halogenated alkanes) is 1. The molecule has 0 atom stereocenters. The summed E-state index contributed by atoms with van der Waals surface area (Å²) in [7, 11) is 1.72. The van der Waals surface area contributed by atoms with E-state index in [2.05, 4.69) is 34.7 Å². The maximum absolute atomic E-state index is 5.00. The first-order valence-corrected chi connectivity index (χ1v) is 5.71. The summed E-state index contributed by atoms with van der Waals surface area (Å²) < 4.78 is 6.85. The van der Waals surface area contributed by atoms with Gasteiger partial charge in [-0.2, -0.15) is 0 Å². The summed E-state index contributed by atoms with van der Waals surface area (Å²) in [6, 6.07) is 0.443. The molecule has 6 nitrogen and oxygen atoms in total. The Morgan fingerprint density at radius 1 is 1.38 bits per heavy atom. The summed E-state index contributed by atoms with van der Waals surface area (Å²) in [5, 5.41) is 15.0. The summed E-state index contributed by atoms with van der Waals surface area (Å²) in [4.78, 5) is 0. The Bertz CT molecular complexity index is 286. The van der Waals surface area contributed by atoms with Gasteiger partial charge in [0.2, 0.25) is 0 Å². The fourth-order valence-electron chi connectivity index (χ4n) is 1.33. The topological polar surface area (TPSA) is 64.9 Å². The summed E-state index contributed by atoms with van der Waals surface area (Å²) in [5.41, 5.74) is 0. The van der Waals surface area contributed by atoms with Gasteiger partial charge in [0, 0.05) is 26.3 Å². The number of ether oxygens (including phenoxy) is 1. The number of tetrazole rings is 1. The molecule has 0 saturated carbocycles. The van der Waals surface area contributed by atoms with Crippen molar-refractivity contribution in [3.63, 3.8) is 0 Å². The number of methoxy groups -OCH3 is 1. The van der Waals surface area contributed by atoms with Crippen LogP contribution in [0.1, 0.15) is 32.5 Å². The van der Waals surface area contributed by atoms with E-state index in [-0.39, 0.29) is 0 Å². The van der Waals surface area contributed by atoms with Crippen LogP contribution in [0.5, 0.6) is 0 Å². The molecule has 0 unspecified atom stereocenters. The normalized spacial score (nSPS) is 11.2. The first-order valence-electron chi connectivity index (χ1n) is 5.71. The van der Waals surface area contributed by atoms with Gasteiger partial charge in [-0.15, -0.1) is 5.10 Å². The van der Waals surface area contributed by atoms with Crippen LogP contribution >= 0.6 is 0 Å². The number of rotatable bonds is 8. The summed E-state index contributed by atoms with van der Waals surface area (Å²) >= 11 is 0. The second-order valence-corrected chi connectivity index (χ2v) is 4.05. The van der Waals surface area contributed by atoms with Crippen LogP contribution in [0.25, 0.3) is 0 Å². The minimum Gasteiger partial charge on any atom is -0.385 e. The van der Waals surface area contributed by atoms with Crippen LogP contribution in [0.15, 0.2) is 0 Å². The lowest BCUT2D eigenvalue weighted by atomic mass is 10.3. The molecule has 0 aliphatic carbocycles. The van der Waals surface area contributed by atoms with Gasteiger partial charge < -0.3 is 10.1 Å². The zero-order valence-corrected chi connectivity index (χ0v) is 10.3. The van der Waals surface area contributed by atoms with Crippen molar-refractivity contribution in [3.8, 4) is 0 Å². The second kappa shape index (κ2) is 7.29. The first-order chi connectivity index (χ1) is 7.74. The van der Waals surface area contributed by atoms with Gasteiger partial charge in [0.15, 0.2) is 5.82 Å². The van der Waals surface area contributed by atoms with Crippen LogP contribution in [0, 0.1) is 0 Å². The fraction of sp³-hybridized carbons (Fsp3) is 0.900. The lowest BCUT2D eigenvalue weighted by molar-refractivity contribution is 0.190. The van der Waals surface area contributed by atoms with Crippen LogP contribution < -0.4 is 5.32 Å². The van der Waals surface area contributed by atoms with Crippen LogP contribution in [-0.2, 0) is 17.8 Å². The predicted molar refractivity (Wildman–Crippen MR) is 60.9 cm³/mol. The van der Waals surface area contributed by atoms with Crippen molar-refractivity contribution < 1.29 is 4.74 Å². The Balaban J connectivity index is 2.32. The molecule has 92 valence electrons. The Morgan fingerprint density at radius 3 is 2.88 bits per heavy atom. The largest absolute Gasteiger partial charge is 0.385 e. The number of aromatic nitrogens is 4. The number of hydrogen-bond donors (Lipinski definition) is 1. The predicted octanol–water partition coefficient (Wildman–Crippen LogP) is 0.598. The lowest BCUT2D eigenvalue weighted by Gasteiger charge is -2.08. The maximum atomic E-state index is 5.00. The second-order valence-electron chi connectivity index (χ2n) is 4.05. The molecule has 0 saturated heterocycles. The van der Waals surface area contributed by atoms with Crippen molar-refractivity contribution in [2.45, 2.75) is 45.8 Å². The van der Waals surface area contributed by atoms with Crippen molar-refractivity contribution in [3.05, 3.63) is 5.82 Å². The monoisotopic (exact) mass is 227 g/mol. The van der Waals surface area contributed by atoms with Crippen LogP contribution in [0.3, 0.4) is 0 Å². The van der Waals surface area contributed by atoms with E-state index in [9.17, 15) is 0 Å². The van der Waals surface area contributed by atoms with Crippen LogP contribution in [-0.4, -0.2) is 40.0 Å². The molecule has 0 aliphatic rings. The van der Waals surface area contributed by atoms with E-state index in [0.717, 1.165) is 38.4 Å². The SMILES string of the molecule is COCCCCn1nnnc1CNC(C)C. The van der Waals surface area contributed by atoms with Crippen molar-refractivity contribution in [1.82, 2.24) is 25.5 Å². The number of nitrogens with zero attached hydrogens (tertiary/aromatic N) is 4. The van der Waals surface area contributed by atoms with E-state index in [1.165, 1.54) is 0 Å². The van der Waals surface area contributed by atoms with Gasteiger partial charge >= 0.3 is 0 Å². The van der Waals surface area contributed by atoms with Gasteiger partial charge in [-0.25, -0.2) is 4.68 Å². The standard InChI is InChI=1S/C10H21N5O/c1-9(2)11-8-10-12-13-14-15(10)6-4-5-7-16-3/h9,11H,4-8H2,1-3H3. The molecule has 0 aliphatic heterocycles. The molecular weight excluding hydrogens is 206 g/mol. The molecule has 0 aromatic carbocycles. The van der Waals surface area contributed by atoms with Gasteiger partial charge in [0.25, 0.3) is 0 Å². The van der Waals surface area contributed by atoms with Crippen LogP contribution in [0.2, 0.25) is 0 Å². The summed E-state index contributed by atoms with van der Waals surface area (Å²) in [6.07, 6.45) is 2.07. The Labute approximate surface area is 96.4 Å². The van der Waals surface area contributed by atoms with Gasteiger partial charge in [-0.1, -0.05) is 13.8 Å². The van der Waals surface area contributed by atoms with E-state index in [4.69, 9.17) is 4.74 Å². The molecule has 1 N–H and O–H groups in total. The van der Waals surface area contributed by atoms with Crippen LogP contribution in [0.4, 0.5) is 0 Å². The van der Waals surface area contributed by atoms with Crippen molar-refractivity contribution >= 4 is 0 Å². The summed E-state index contributed by atoms with van der Waals surface area (Å²) in [6.45, 7) is 6.57. The van der Waals surface area contributed by atoms with Gasteiger partial charge in [0.1, 0.15) is 0 Å². The number of nitrogens with one attached hydrogen (secondary N) is 1. The molecule has 1 rings (SSSR count). The molecule has 1 heterocycles. The average molecular weight is 227 g/mol. The number of aryl methyl sites for hydroxylation is 1. The fourth-order valence-corrected chi connectivity index (χ4v) is 1.33. The highest BCUT2D eigenvalue weighted by Crippen LogP contribution is 1.98. The Kier molecular flexibility index (Phi) is 5.95. The van der Waals surface area contributed by atoms with E-state index >= 15 is 0 Å². The van der Waals surface area contributed by atoms with E-state index in [0.29, 0.717) is 6.04 Å². The van der Waals surface area contributed by atoms with Gasteiger partial charge in [-0.3, -0.25) is 0 Å². The van der Waals surface area contributed by atoms with Crippen molar-refractivity contribution in [1.29, 1.82) is 0 Å². The van der Waals surface area contributed by atoms with E-state index in [1.54, 1.807) is 7.11 Å². The van der Waals surface area contributed by atoms with Crippen molar-refractivity contribution in [2.24, 2.45) is 0 Å². The van der Waals surface area contributed by atoms with Gasteiger partial charge in [0.05, 0.1) is 6.54 Å². The highest BCUT2D eigenvalue weighted by Gasteiger charge is 2.05. The molecule has 0 spiro atoms. The van der Waals surface area contributed by atoms with Gasteiger partial charge in [-0.05, 0) is 23.3 Å². The summed E-state index contributed by atoms with van der Waals surface area (Å²) in [5.74, 6) is 0.895. The average Bonchev–Trinajstić information content (AvgIpc) is 2.69. The minimum atomic E-state index is 0.443. The third-order valence-corrected chi connectivity index (χ3v) is 2.24. The van der Waals surface area contributed by atoms with Crippen molar-refractivity contribution in [2.75, 3.05) is 13.7 Å². The first kappa shape index (κ1) is 13.1. The highest BCUT2D eigenvalue weighted by atomic mass is 16.5. The Hall–Kier alpha value is -1.01. The smallest absolute Gasteiger partial charge is 0.165 e. The van der Waals surface area contributed by atoms with E-state index in [1.807, 2.05) is 4.68 Å². The molecule has 0 amide bonds.